The monoisotopic (exact) mass is 456 g/mol. The first-order valence-corrected chi connectivity index (χ1v) is 11.5. The van der Waals surface area contributed by atoms with E-state index < -0.39 is 0 Å². The quantitative estimate of drug-likeness (QED) is 0.302. The largest absolute Gasteiger partial charge is 0.360 e. The van der Waals surface area contributed by atoms with Crippen molar-refractivity contribution < 1.29 is 9.59 Å². The van der Waals surface area contributed by atoms with E-state index in [4.69, 9.17) is 0 Å². The summed E-state index contributed by atoms with van der Waals surface area (Å²) >= 11 is 1.48. The molecule has 0 bridgehead atoms. The van der Waals surface area contributed by atoms with Crippen molar-refractivity contribution in [1.82, 2.24) is 25.5 Å². The molecule has 0 unspecified atom stereocenters. The molecule has 3 aromatic heterocycles. The van der Waals surface area contributed by atoms with Gasteiger partial charge in [-0.05, 0) is 54.3 Å². The summed E-state index contributed by atoms with van der Waals surface area (Å²) in [5, 5.41) is 14.1. The van der Waals surface area contributed by atoms with E-state index in [1.165, 1.54) is 11.3 Å². The van der Waals surface area contributed by atoms with Crippen LogP contribution in [-0.2, 0) is 11.3 Å². The van der Waals surface area contributed by atoms with Crippen molar-refractivity contribution >= 4 is 49.4 Å². The molecule has 0 aliphatic heterocycles. The Bertz CT molecular complexity index is 1500. The number of nitrogens with one attached hydrogen (secondary N) is 4. The molecule has 0 saturated heterocycles. The molecule has 2 amide bonds. The molecular weight excluding hydrogens is 436 g/mol. The number of H-pyrrole nitrogens is 2. The van der Waals surface area contributed by atoms with Crippen molar-refractivity contribution in [2.24, 2.45) is 5.92 Å². The van der Waals surface area contributed by atoms with Crippen LogP contribution in [0.3, 0.4) is 0 Å². The van der Waals surface area contributed by atoms with Crippen molar-refractivity contribution in [3.8, 4) is 11.1 Å². The first-order valence-electron chi connectivity index (χ1n) is 10.7. The van der Waals surface area contributed by atoms with E-state index in [0.29, 0.717) is 17.2 Å². The number of fused-ring (bicyclic) bond motifs is 2. The number of rotatable bonds is 6. The van der Waals surface area contributed by atoms with E-state index in [1.807, 2.05) is 36.4 Å². The molecule has 9 heteroatoms. The van der Waals surface area contributed by atoms with Crippen LogP contribution in [0.25, 0.3) is 32.2 Å². The third-order valence-electron chi connectivity index (χ3n) is 5.82. The molecule has 4 N–H and O–H groups in total. The van der Waals surface area contributed by atoms with Crippen LogP contribution < -0.4 is 10.6 Å². The molecule has 8 nitrogen and oxygen atoms in total. The minimum atomic E-state index is -0.151. The van der Waals surface area contributed by atoms with Crippen LogP contribution in [0.15, 0.2) is 54.9 Å². The van der Waals surface area contributed by atoms with Gasteiger partial charge in [-0.15, -0.1) is 0 Å². The Balaban J connectivity index is 1.27. The van der Waals surface area contributed by atoms with Gasteiger partial charge < -0.3 is 15.6 Å². The van der Waals surface area contributed by atoms with Crippen LogP contribution in [0, 0.1) is 5.92 Å². The Kier molecular flexibility index (Phi) is 4.69. The summed E-state index contributed by atoms with van der Waals surface area (Å²) in [5.41, 5.74) is 5.22. The van der Waals surface area contributed by atoms with Gasteiger partial charge in [0, 0.05) is 29.2 Å². The molecule has 1 aliphatic rings. The van der Waals surface area contributed by atoms with E-state index in [2.05, 4.69) is 36.9 Å². The van der Waals surface area contributed by atoms with Crippen LogP contribution in [-0.4, -0.2) is 32.0 Å². The topological polar surface area (TPSA) is 116 Å². The highest BCUT2D eigenvalue weighted by molar-refractivity contribution is 7.22. The van der Waals surface area contributed by atoms with Gasteiger partial charge in [-0.25, -0.2) is 4.98 Å². The SMILES string of the molecule is O=C(NCc1ccn[nH]1)c1c[nH]c2ccc(-c3ccc4nc(NC(=O)C5CC5)sc4c3)cc12. The van der Waals surface area contributed by atoms with Gasteiger partial charge >= 0.3 is 0 Å². The lowest BCUT2D eigenvalue weighted by atomic mass is 10.0. The molecule has 1 saturated carbocycles. The number of aromatic nitrogens is 4. The van der Waals surface area contributed by atoms with Crippen LogP contribution in [0.2, 0.25) is 0 Å². The predicted molar refractivity (Wildman–Crippen MR) is 128 cm³/mol. The molecule has 0 radical (unpaired) electrons. The number of benzene rings is 2. The lowest BCUT2D eigenvalue weighted by molar-refractivity contribution is -0.117. The summed E-state index contributed by atoms with van der Waals surface area (Å²) < 4.78 is 1.00. The highest BCUT2D eigenvalue weighted by Crippen LogP contribution is 2.34. The summed E-state index contributed by atoms with van der Waals surface area (Å²) in [7, 11) is 0. The Morgan fingerprint density at radius 2 is 1.94 bits per heavy atom. The van der Waals surface area contributed by atoms with Gasteiger partial charge in [-0.3, -0.25) is 14.7 Å². The first-order chi connectivity index (χ1) is 16.1. The van der Waals surface area contributed by atoms with Crippen molar-refractivity contribution in [1.29, 1.82) is 0 Å². The number of nitrogens with zero attached hydrogens (tertiary/aromatic N) is 2. The summed E-state index contributed by atoms with van der Waals surface area (Å²) in [6.07, 6.45) is 5.32. The number of hydrogen-bond acceptors (Lipinski definition) is 5. The first kappa shape index (κ1) is 19.7. The molecule has 1 fully saturated rings. The van der Waals surface area contributed by atoms with Gasteiger partial charge in [0.05, 0.1) is 28.0 Å². The Labute approximate surface area is 192 Å². The maximum atomic E-state index is 12.8. The van der Waals surface area contributed by atoms with Crippen LogP contribution in [0.5, 0.6) is 0 Å². The van der Waals surface area contributed by atoms with Crippen LogP contribution in [0.1, 0.15) is 28.9 Å². The molecule has 0 spiro atoms. The number of hydrogen-bond donors (Lipinski definition) is 4. The molecule has 3 heterocycles. The smallest absolute Gasteiger partial charge is 0.253 e. The maximum Gasteiger partial charge on any atom is 0.253 e. The second-order valence-corrected chi connectivity index (χ2v) is 9.22. The van der Waals surface area contributed by atoms with E-state index >= 15 is 0 Å². The van der Waals surface area contributed by atoms with E-state index in [0.717, 1.165) is 50.8 Å². The summed E-state index contributed by atoms with van der Waals surface area (Å²) in [6, 6.07) is 13.9. The van der Waals surface area contributed by atoms with Crippen molar-refractivity contribution in [3.63, 3.8) is 0 Å². The molecule has 0 atom stereocenters. The third kappa shape index (κ3) is 3.87. The number of carbonyl (C=O) groups is 2. The molecular formula is C24H20N6O2S. The highest BCUT2D eigenvalue weighted by Gasteiger charge is 2.30. The second-order valence-electron chi connectivity index (χ2n) is 8.19. The lowest BCUT2D eigenvalue weighted by Crippen LogP contribution is -2.22. The summed E-state index contributed by atoms with van der Waals surface area (Å²) in [6.45, 7) is 0.382. The Morgan fingerprint density at radius 3 is 2.76 bits per heavy atom. The van der Waals surface area contributed by atoms with Crippen LogP contribution in [0.4, 0.5) is 5.13 Å². The average molecular weight is 457 g/mol. The van der Waals surface area contributed by atoms with Gasteiger partial charge in [0.15, 0.2) is 5.13 Å². The lowest BCUT2D eigenvalue weighted by Gasteiger charge is -2.05. The standard InChI is InChI=1S/C24H20N6O2S/c31-22(13-1-2-13)29-24-28-20-6-4-15(10-21(20)33-24)14-3-5-19-17(9-14)18(12-25-19)23(32)26-11-16-7-8-27-30-16/h3-10,12-13,25H,1-2,11H2,(H,26,32)(H,27,30)(H,28,29,31). The molecule has 6 rings (SSSR count). The molecule has 2 aromatic carbocycles. The molecule has 33 heavy (non-hydrogen) atoms. The molecule has 5 aromatic rings. The predicted octanol–water partition coefficient (Wildman–Crippen LogP) is 4.45. The fourth-order valence-electron chi connectivity index (χ4n) is 3.85. The third-order valence-corrected chi connectivity index (χ3v) is 6.76. The number of thiazole rings is 1. The van der Waals surface area contributed by atoms with Gasteiger partial charge in [0.1, 0.15) is 0 Å². The zero-order valence-corrected chi connectivity index (χ0v) is 18.3. The Morgan fingerprint density at radius 1 is 1.09 bits per heavy atom. The van der Waals surface area contributed by atoms with Crippen molar-refractivity contribution in [2.75, 3.05) is 5.32 Å². The van der Waals surface area contributed by atoms with E-state index in [-0.39, 0.29) is 17.7 Å². The zero-order chi connectivity index (χ0) is 22.4. The fraction of sp³-hybridized carbons (Fsp3) is 0.167. The van der Waals surface area contributed by atoms with Crippen molar-refractivity contribution in [3.05, 3.63) is 66.1 Å². The summed E-state index contributed by atoms with van der Waals surface area (Å²) in [5.74, 6) is 0.0546. The normalized spacial score (nSPS) is 13.5. The molecule has 1 aliphatic carbocycles. The maximum absolute atomic E-state index is 12.8. The van der Waals surface area contributed by atoms with Crippen LogP contribution >= 0.6 is 11.3 Å². The zero-order valence-electron chi connectivity index (χ0n) is 17.5. The number of amides is 2. The average Bonchev–Trinajstić information content (AvgIpc) is 3.21. The highest BCUT2D eigenvalue weighted by atomic mass is 32.1. The Hall–Kier alpha value is -3.98. The van der Waals surface area contributed by atoms with Crippen molar-refractivity contribution in [2.45, 2.75) is 19.4 Å². The van der Waals surface area contributed by atoms with E-state index in [1.54, 1.807) is 12.4 Å². The number of aromatic amines is 2. The van der Waals surface area contributed by atoms with Gasteiger partial charge in [-0.1, -0.05) is 23.5 Å². The summed E-state index contributed by atoms with van der Waals surface area (Å²) in [4.78, 5) is 32.5. The van der Waals surface area contributed by atoms with E-state index in [9.17, 15) is 9.59 Å². The second kappa shape index (κ2) is 7.86. The minimum absolute atomic E-state index is 0.0607. The van der Waals surface area contributed by atoms with Gasteiger partial charge in [0.25, 0.3) is 5.91 Å². The molecule has 164 valence electrons. The van der Waals surface area contributed by atoms with Gasteiger partial charge in [-0.2, -0.15) is 5.10 Å². The number of anilines is 1. The van der Waals surface area contributed by atoms with Gasteiger partial charge in [0.2, 0.25) is 5.91 Å². The number of carbonyl (C=O) groups excluding carboxylic acids is 2. The minimum Gasteiger partial charge on any atom is -0.360 e. The fourth-order valence-corrected chi connectivity index (χ4v) is 4.76.